The first kappa shape index (κ1) is 17.8. The highest BCUT2D eigenvalue weighted by atomic mass is 32.1. The van der Waals surface area contributed by atoms with Gasteiger partial charge in [0.15, 0.2) is 0 Å². The minimum Gasteiger partial charge on any atom is -0.355 e. The van der Waals surface area contributed by atoms with E-state index in [0.29, 0.717) is 17.5 Å². The molecule has 0 spiro atoms. The standard InChI is InChI=1S/C17H22N8OS/c1-4-13-10(2)20-16-18-9-19-25(16)15(13)24-7-5-6-12(8-24)14(26)21-17-23-22-11(3)27-17/h9,12H,4-8H2,1-3H3,(H,21,23,26)/t12-/m1/s1. The van der Waals surface area contributed by atoms with E-state index in [4.69, 9.17) is 0 Å². The number of fused-ring (bicyclic) bond motifs is 1. The maximum atomic E-state index is 12.7. The van der Waals surface area contributed by atoms with Crippen molar-refractivity contribution in [1.82, 2.24) is 29.8 Å². The number of carbonyl (C=O) groups excluding carboxylic acids is 1. The van der Waals surface area contributed by atoms with Crippen LogP contribution in [0.5, 0.6) is 0 Å². The molecule has 0 unspecified atom stereocenters. The van der Waals surface area contributed by atoms with Gasteiger partial charge in [0.05, 0.1) is 5.92 Å². The van der Waals surface area contributed by atoms with E-state index >= 15 is 0 Å². The zero-order valence-corrected chi connectivity index (χ0v) is 16.5. The normalized spacial score (nSPS) is 17.4. The van der Waals surface area contributed by atoms with Gasteiger partial charge in [-0.15, -0.1) is 10.2 Å². The molecule has 9 nitrogen and oxygen atoms in total. The molecule has 1 saturated heterocycles. The van der Waals surface area contributed by atoms with Crippen molar-refractivity contribution in [3.8, 4) is 0 Å². The van der Waals surface area contributed by atoms with Crippen molar-refractivity contribution in [2.45, 2.75) is 40.0 Å². The lowest BCUT2D eigenvalue weighted by Crippen LogP contribution is -2.42. The van der Waals surface area contributed by atoms with Crippen molar-refractivity contribution < 1.29 is 4.79 Å². The Morgan fingerprint density at radius 3 is 2.96 bits per heavy atom. The smallest absolute Gasteiger partial charge is 0.254 e. The van der Waals surface area contributed by atoms with Crippen LogP contribution in [0.15, 0.2) is 6.33 Å². The largest absolute Gasteiger partial charge is 0.355 e. The molecule has 0 radical (unpaired) electrons. The third-order valence-electron chi connectivity index (χ3n) is 4.91. The molecular weight excluding hydrogens is 364 g/mol. The highest BCUT2D eigenvalue weighted by molar-refractivity contribution is 7.15. The van der Waals surface area contributed by atoms with Gasteiger partial charge in [0, 0.05) is 24.3 Å². The van der Waals surface area contributed by atoms with E-state index in [0.717, 1.165) is 47.9 Å². The highest BCUT2D eigenvalue weighted by Gasteiger charge is 2.29. The van der Waals surface area contributed by atoms with Crippen LogP contribution in [0.25, 0.3) is 5.78 Å². The number of hydrogen-bond acceptors (Lipinski definition) is 8. The van der Waals surface area contributed by atoms with Crippen LogP contribution in [0.4, 0.5) is 10.9 Å². The summed E-state index contributed by atoms with van der Waals surface area (Å²) in [6.07, 6.45) is 4.16. The fourth-order valence-corrected chi connectivity index (χ4v) is 4.24. The average Bonchev–Trinajstić information content (AvgIpc) is 3.29. The van der Waals surface area contributed by atoms with E-state index in [9.17, 15) is 4.79 Å². The van der Waals surface area contributed by atoms with Crippen molar-refractivity contribution in [2.24, 2.45) is 5.92 Å². The molecule has 0 aliphatic carbocycles. The quantitative estimate of drug-likeness (QED) is 0.732. The molecule has 1 atom stereocenters. The minimum atomic E-state index is -0.111. The highest BCUT2D eigenvalue weighted by Crippen LogP contribution is 2.29. The van der Waals surface area contributed by atoms with Gasteiger partial charge in [-0.2, -0.15) is 14.6 Å². The number of aryl methyl sites for hydroxylation is 2. The summed E-state index contributed by atoms with van der Waals surface area (Å²) in [5.41, 5.74) is 2.11. The Morgan fingerprint density at radius 1 is 1.37 bits per heavy atom. The van der Waals surface area contributed by atoms with E-state index in [1.54, 1.807) is 4.52 Å². The second-order valence-electron chi connectivity index (χ2n) is 6.73. The zero-order valence-electron chi connectivity index (χ0n) is 15.6. The van der Waals surface area contributed by atoms with E-state index < -0.39 is 0 Å². The SMILES string of the molecule is CCc1c(C)nc2ncnn2c1N1CCC[C@@H](C(=O)Nc2nnc(C)s2)C1. The summed E-state index contributed by atoms with van der Waals surface area (Å²) in [5.74, 6) is 1.48. The molecule has 3 aromatic heterocycles. The number of amides is 1. The van der Waals surface area contributed by atoms with Crippen molar-refractivity contribution >= 4 is 34.0 Å². The Morgan fingerprint density at radius 2 is 2.22 bits per heavy atom. The number of aromatic nitrogens is 6. The van der Waals surface area contributed by atoms with Gasteiger partial charge in [0.1, 0.15) is 17.2 Å². The van der Waals surface area contributed by atoms with Crippen LogP contribution >= 0.6 is 11.3 Å². The molecular formula is C17H22N8OS. The molecule has 1 aliphatic heterocycles. The molecule has 10 heteroatoms. The maximum Gasteiger partial charge on any atom is 0.254 e. The van der Waals surface area contributed by atoms with Crippen LogP contribution < -0.4 is 10.2 Å². The van der Waals surface area contributed by atoms with Gasteiger partial charge >= 0.3 is 0 Å². The van der Waals surface area contributed by atoms with Crippen LogP contribution in [0.2, 0.25) is 0 Å². The molecule has 0 aromatic carbocycles. The Bertz CT molecular complexity index is 981. The van der Waals surface area contributed by atoms with Crippen LogP contribution in [0, 0.1) is 19.8 Å². The second kappa shape index (κ2) is 7.18. The Hall–Kier alpha value is -2.62. The van der Waals surface area contributed by atoms with Gasteiger partial charge in [-0.3, -0.25) is 4.79 Å². The lowest BCUT2D eigenvalue weighted by molar-refractivity contribution is -0.120. The monoisotopic (exact) mass is 386 g/mol. The Labute approximate surface area is 160 Å². The maximum absolute atomic E-state index is 12.7. The molecule has 1 N–H and O–H groups in total. The number of nitrogens with zero attached hydrogens (tertiary/aromatic N) is 7. The fraction of sp³-hybridized carbons (Fsp3) is 0.529. The Kier molecular flexibility index (Phi) is 4.73. The Balaban J connectivity index is 1.61. The van der Waals surface area contributed by atoms with Gasteiger partial charge in [0.25, 0.3) is 5.78 Å². The first-order valence-electron chi connectivity index (χ1n) is 9.12. The van der Waals surface area contributed by atoms with Crippen molar-refractivity contribution in [3.05, 3.63) is 22.6 Å². The van der Waals surface area contributed by atoms with Crippen LogP contribution in [-0.2, 0) is 11.2 Å². The van der Waals surface area contributed by atoms with E-state index in [1.807, 2.05) is 13.8 Å². The van der Waals surface area contributed by atoms with E-state index in [1.165, 1.54) is 17.7 Å². The van der Waals surface area contributed by atoms with Crippen LogP contribution in [0.1, 0.15) is 36.0 Å². The molecule has 142 valence electrons. The number of nitrogens with one attached hydrogen (secondary N) is 1. The molecule has 1 aliphatic rings. The molecule has 0 saturated carbocycles. The summed E-state index contributed by atoms with van der Waals surface area (Å²) >= 11 is 1.39. The molecule has 1 amide bonds. The van der Waals surface area contributed by atoms with E-state index in [2.05, 4.69) is 42.4 Å². The molecule has 27 heavy (non-hydrogen) atoms. The lowest BCUT2D eigenvalue weighted by atomic mass is 9.96. The topological polar surface area (TPSA) is 101 Å². The van der Waals surface area contributed by atoms with Gasteiger partial charge in [-0.05, 0) is 33.1 Å². The van der Waals surface area contributed by atoms with E-state index in [-0.39, 0.29) is 11.8 Å². The predicted octanol–water partition coefficient (Wildman–Crippen LogP) is 2.01. The molecule has 0 bridgehead atoms. The number of piperidine rings is 1. The lowest BCUT2D eigenvalue weighted by Gasteiger charge is -2.34. The fourth-order valence-electron chi connectivity index (χ4n) is 3.65. The van der Waals surface area contributed by atoms with Crippen molar-refractivity contribution in [1.29, 1.82) is 0 Å². The van der Waals surface area contributed by atoms with Gasteiger partial charge < -0.3 is 10.2 Å². The number of anilines is 2. The molecule has 3 aromatic rings. The third-order valence-corrected chi connectivity index (χ3v) is 5.66. The summed E-state index contributed by atoms with van der Waals surface area (Å²) in [7, 11) is 0. The average molecular weight is 386 g/mol. The number of carbonyl (C=O) groups is 1. The summed E-state index contributed by atoms with van der Waals surface area (Å²) in [6, 6.07) is 0. The van der Waals surface area contributed by atoms with Gasteiger partial charge in [0.2, 0.25) is 11.0 Å². The summed E-state index contributed by atoms with van der Waals surface area (Å²) in [4.78, 5) is 23.8. The number of rotatable bonds is 4. The minimum absolute atomic E-state index is 0.00508. The van der Waals surface area contributed by atoms with Crippen LogP contribution in [0.3, 0.4) is 0 Å². The molecule has 4 heterocycles. The van der Waals surface area contributed by atoms with Gasteiger partial charge in [-0.25, -0.2) is 4.98 Å². The first-order valence-corrected chi connectivity index (χ1v) is 9.93. The summed E-state index contributed by atoms with van der Waals surface area (Å²) < 4.78 is 1.79. The van der Waals surface area contributed by atoms with Crippen molar-refractivity contribution in [2.75, 3.05) is 23.3 Å². The molecule has 1 fully saturated rings. The van der Waals surface area contributed by atoms with Gasteiger partial charge in [-0.1, -0.05) is 18.3 Å². The summed E-state index contributed by atoms with van der Waals surface area (Å²) in [5, 5.41) is 16.6. The van der Waals surface area contributed by atoms with Crippen molar-refractivity contribution in [3.63, 3.8) is 0 Å². The van der Waals surface area contributed by atoms with Crippen LogP contribution in [-0.4, -0.2) is 48.8 Å². The number of hydrogen-bond donors (Lipinski definition) is 1. The first-order chi connectivity index (χ1) is 13.1. The predicted molar refractivity (Wildman–Crippen MR) is 103 cm³/mol. The second-order valence-corrected chi connectivity index (χ2v) is 7.91. The third kappa shape index (κ3) is 3.36. The summed E-state index contributed by atoms with van der Waals surface area (Å²) in [6.45, 7) is 7.50. The molecule has 4 rings (SSSR count). The zero-order chi connectivity index (χ0) is 19.0.